The molecule has 2 rings (SSSR count). The van der Waals surface area contributed by atoms with Crippen molar-refractivity contribution in [2.45, 2.75) is 44.1 Å². The molecule has 0 aliphatic rings. The van der Waals surface area contributed by atoms with Crippen molar-refractivity contribution < 1.29 is 24.6 Å². The lowest BCUT2D eigenvalue weighted by atomic mass is 10.0. The lowest BCUT2D eigenvalue weighted by Crippen LogP contribution is -2.28. The number of aromatic hydroxyl groups is 1. The lowest BCUT2D eigenvalue weighted by molar-refractivity contribution is -0.136. The first-order valence-corrected chi connectivity index (χ1v) is 10.7. The van der Waals surface area contributed by atoms with Gasteiger partial charge in [0, 0.05) is 10.4 Å². The Kier molecular flexibility index (Phi) is 7.65. The third kappa shape index (κ3) is 5.36. The molecule has 150 valence electrons. The SMILES string of the molecule is CCc1cc(C(=O)c2ccc(O)cc2)c(NC(=O)C(CC)SC(C)C(=O)O)s1. The van der Waals surface area contributed by atoms with Crippen molar-refractivity contribution in [2.24, 2.45) is 0 Å². The van der Waals surface area contributed by atoms with Gasteiger partial charge in [-0.25, -0.2) is 0 Å². The first kappa shape index (κ1) is 22.0. The maximum Gasteiger partial charge on any atom is 0.316 e. The molecule has 2 atom stereocenters. The number of phenolic OH excluding ortho intramolecular Hbond substituents is 1. The Hall–Kier alpha value is -2.32. The summed E-state index contributed by atoms with van der Waals surface area (Å²) in [6.45, 7) is 5.33. The smallest absolute Gasteiger partial charge is 0.316 e. The highest BCUT2D eigenvalue weighted by atomic mass is 32.2. The molecule has 0 fully saturated rings. The molecule has 0 spiro atoms. The first-order valence-electron chi connectivity index (χ1n) is 8.92. The molecule has 6 nitrogen and oxygen atoms in total. The number of phenols is 1. The Bertz CT molecular complexity index is 860. The monoisotopic (exact) mass is 421 g/mol. The van der Waals surface area contributed by atoms with Gasteiger partial charge in [-0.1, -0.05) is 13.8 Å². The molecule has 0 aliphatic heterocycles. The minimum absolute atomic E-state index is 0.0694. The minimum atomic E-state index is -0.969. The van der Waals surface area contributed by atoms with Gasteiger partial charge in [0.1, 0.15) is 16.0 Å². The number of nitrogens with one attached hydrogen (secondary N) is 1. The second-order valence-electron chi connectivity index (χ2n) is 6.19. The van der Waals surface area contributed by atoms with Crippen LogP contribution in [-0.4, -0.2) is 38.4 Å². The van der Waals surface area contributed by atoms with E-state index in [9.17, 15) is 19.5 Å². The van der Waals surface area contributed by atoms with E-state index in [1.165, 1.54) is 35.6 Å². The van der Waals surface area contributed by atoms with E-state index in [0.717, 1.165) is 23.1 Å². The molecule has 2 unspecified atom stereocenters. The predicted octanol–water partition coefficient (Wildman–Crippen LogP) is 4.17. The Morgan fingerprint density at radius 3 is 2.36 bits per heavy atom. The second-order valence-corrected chi connectivity index (χ2v) is 8.87. The van der Waals surface area contributed by atoms with Crippen LogP contribution in [0.5, 0.6) is 5.75 Å². The van der Waals surface area contributed by atoms with Crippen molar-refractivity contribution in [1.29, 1.82) is 0 Å². The summed E-state index contributed by atoms with van der Waals surface area (Å²) in [5, 5.41) is 20.5. The number of hydrogen-bond donors (Lipinski definition) is 3. The van der Waals surface area contributed by atoms with Crippen molar-refractivity contribution >= 4 is 45.8 Å². The average molecular weight is 422 g/mol. The van der Waals surface area contributed by atoms with Gasteiger partial charge in [-0.2, -0.15) is 0 Å². The Morgan fingerprint density at radius 2 is 1.82 bits per heavy atom. The van der Waals surface area contributed by atoms with Crippen LogP contribution in [0.1, 0.15) is 48.0 Å². The van der Waals surface area contributed by atoms with Crippen LogP contribution < -0.4 is 5.32 Å². The first-order chi connectivity index (χ1) is 13.3. The zero-order valence-electron chi connectivity index (χ0n) is 15.9. The molecule has 1 aromatic heterocycles. The average Bonchev–Trinajstić information content (AvgIpc) is 3.08. The Balaban J connectivity index is 2.26. The zero-order chi connectivity index (χ0) is 20.8. The Morgan fingerprint density at radius 1 is 1.18 bits per heavy atom. The molecular weight excluding hydrogens is 398 g/mol. The molecule has 28 heavy (non-hydrogen) atoms. The second kappa shape index (κ2) is 9.75. The van der Waals surface area contributed by atoms with Gasteiger partial charge >= 0.3 is 5.97 Å². The van der Waals surface area contributed by atoms with Crippen molar-refractivity contribution in [3.8, 4) is 5.75 Å². The highest BCUT2D eigenvalue weighted by Gasteiger charge is 2.26. The van der Waals surface area contributed by atoms with E-state index in [1.807, 2.05) is 13.8 Å². The van der Waals surface area contributed by atoms with Crippen LogP contribution >= 0.6 is 23.1 Å². The maximum atomic E-state index is 12.9. The molecule has 1 aromatic carbocycles. The number of carboxylic acids is 1. The quantitative estimate of drug-likeness (QED) is 0.525. The van der Waals surface area contributed by atoms with Gasteiger partial charge in [-0.15, -0.1) is 23.1 Å². The number of carbonyl (C=O) groups is 3. The number of anilines is 1. The van der Waals surface area contributed by atoms with Crippen LogP contribution in [0.15, 0.2) is 30.3 Å². The number of rotatable bonds is 9. The summed E-state index contributed by atoms with van der Waals surface area (Å²) in [7, 11) is 0. The Labute approximate surface area is 172 Å². The molecule has 0 radical (unpaired) electrons. The summed E-state index contributed by atoms with van der Waals surface area (Å²) in [6, 6.07) is 7.71. The van der Waals surface area contributed by atoms with Crippen LogP contribution in [-0.2, 0) is 16.0 Å². The number of amides is 1. The fourth-order valence-electron chi connectivity index (χ4n) is 2.49. The third-order valence-corrected chi connectivity index (χ3v) is 6.80. The van der Waals surface area contributed by atoms with Crippen molar-refractivity contribution in [1.82, 2.24) is 0 Å². The summed E-state index contributed by atoms with van der Waals surface area (Å²) >= 11 is 2.42. The normalized spacial score (nSPS) is 13.0. The van der Waals surface area contributed by atoms with Crippen molar-refractivity contribution in [3.05, 3.63) is 46.3 Å². The predicted molar refractivity (Wildman–Crippen MR) is 113 cm³/mol. The summed E-state index contributed by atoms with van der Waals surface area (Å²) in [4.78, 5) is 37.6. The van der Waals surface area contributed by atoms with Gasteiger partial charge in [0.15, 0.2) is 5.78 Å². The highest BCUT2D eigenvalue weighted by Crippen LogP contribution is 2.32. The highest BCUT2D eigenvalue weighted by molar-refractivity contribution is 8.01. The van der Waals surface area contributed by atoms with Crippen molar-refractivity contribution in [2.75, 3.05) is 5.32 Å². The van der Waals surface area contributed by atoms with Gasteiger partial charge < -0.3 is 15.5 Å². The number of aryl methyl sites for hydroxylation is 1. The van der Waals surface area contributed by atoms with Gasteiger partial charge in [0.2, 0.25) is 5.91 Å². The summed E-state index contributed by atoms with van der Waals surface area (Å²) in [6.07, 6.45) is 1.19. The van der Waals surface area contributed by atoms with Crippen LogP contribution in [0.2, 0.25) is 0 Å². The van der Waals surface area contributed by atoms with Gasteiger partial charge in [0.05, 0.1) is 10.8 Å². The van der Waals surface area contributed by atoms with Crippen LogP contribution in [0, 0.1) is 0 Å². The molecular formula is C20H23NO5S2. The molecule has 1 heterocycles. The summed E-state index contributed by atoms with van der Waals surface area (Å²) < 4.78 is 0. The number of thiophene rings is 1. The summed E-state index contributed by atoms with van der Waals surface area (Å²) in [5.41, 5.74) is 0.807. The molecule has 0 bridgehead atoms. The van der Waals surface area contributed by atoms with E-state index in [2.05, 4.69) is 5.32 Å². The van der Waals surface area contributed by atoms with E-state index >= 15 is 0 Å². The van der Waals surface area contributed by atoms with E-state index in [-0.39, 0.29) is 17.4 Å². The molecule has 0 saturated heterocycles. The number of carbonyl (C=O) groups excluding carboxylic acids is 2. The number of benzene rings is 1. The molecule has 8 heteroatoms. The number of carboxylic acid groups (broad SMARTS) is 1. The molecule has 1 amide bonds. The largest absolute Gasteiger partial charge is 0.508 e. The van der Waals surface area contributed by atoms with Gasteiger partial charge in [-0.3, -0.25) is 14.4 Å². The topological polar surface area (TPSA) is 104 Å². The van der Waals surface area contributed by atoms with Crippen LogP contribution in [0.25, 0.3) is 0 Å². The molecule has 0 saturated carbocycles. The van der Waals surface area contributed by atoms with Crippen LogP contribution in [0.4, 0.5) is 5.00 Å². The van der Waals surface area contributed by atoms with Gasteiger partial charge in [0.25, 0.3) is 0 Å². The van der Waals surface area contributed by atoms with E-state index in [4.69, 9.17) is 5.11 Å². The minimum Gasteiger partial charge on any atom is -0.508 e. The fourth-order valence-corrected chi connectivity index (χ4v) is 4.47. The van der Waals surface area contributed by atoms with Gasteiger partial charge in [-0.05, 0) is 50.1 Å². The molecule has 3 N–H and O–H groups in total. The zero-order valence-corrected chi connectivity index (χ0v) is 17.5. The lowest BCUT2D eigenvalue weighted by Gasteiger charge is -2.16. The number of hydrogen-bond acceptors (Lipinski definition) is 6. The van der Waals surface area contributed by atoms with E-state index in [1.54, 1.807) is 13.0 Å². The molecule has 2 aromatic rings. The van der Waals surface area contributed by atoms with E-state index in [0.29, 0.717) is 22.5 Å². The summed E-state index contributed by atoms with van der Waals surface area (Å²) in [5.74, 6) is -1.46. The van der Waals surface area contributed by atoms with Crippen LogP contribution in [0.3, 0.4) is 0 Å². The van der Waals surface area contributed by atoms with E-state index < -0.39 is 16.5 Å². The fraction of sp³-hybridized carbons (Fsp3) is 0.350. The number of thioether (sulfide) groups is 1. The number of ketones is 1. The van der Waals surface area contributed by atoms with Crippen molar-refractivity contribution in [3.63, 3.8) is 0 Å². The maximum absolute atomic E-state index is 12.9. The standard InChI is InChI=1S/C20H23NO5S2/c1-4-14-10-15(17(23)12-6-8-13(22)9-7-12)19(28-14)21-18(24)16(5-2)27-11(3)20(25)26/h6-11,16,22H,4-5H2,1-3H3,(H,21,24)(H,25,26). The number of aliphatic carboxylic acids is 1. The molecule has 0 aliphatic carbocycles. The third-order valence-electron chi connectivity index (χ3n) is 4.12.